The number of likely N-dealkylation sites (tertiary alicyclic amines) is 1. The molecule has 0 radical (unpaired) electrons. The molecule has 4 heterocycles. The Morgan fingerprint density at radius 3 is 2.86 bits per heavy atom. The number of morpholine rings is 1. The second-order valence-corrected chi connectivity index (χ2v) is 7.64. The van der Waals surface area contributed by atoms with Gasteiger partial charge in [-0.2, -0.15) is 15.4 Å². The van der Waals surface area contributed by atoms with Gasteiger partial charge in [-0.3, -0.25) is 9.69 Å². The maximum Gasteiger partial charge on any atom is 0.276 e. The first-order valence-corrected chi connectivity index (χ1v) is 9.70. The maximum absolute atomic E-state index is 12.5. The van der Waals surface area contributed by atoms with Gasteiger partial charge in [-0.25, -0.2) is 0 Å². The number of aromatic amines is 1. The Morgan fingerprint density at radius 2 is 2.07 bits per heavy atom. The van der Waals surface area contributed by atoms with Gasteiger partial charge in [-0.15, -0.1) is 0 Å². The number of hydrogen-bond acceptors (Lipinski definition) is 6. The summed E-state index contributed by atoms with van der Waals surface area (Å²) in [6, 6.07) is 10.2. The minimum atomic E-state index is -0.190. The molecule has 0 aliphatic carbocycles. The van der Waals surface area contributed by atoms with E-state index in [0.717, 1.165) is 49.2 Å². The highest BCUT2D eigenvalue weighted by atomic mass is 16.5. The fourth-order valence-electron chi connectivity index (χ4n) is 4.28. The van der Waals surface area contributed by atoms with E-state index >= 15 is 0 Å². The van der Waals surface area contributed by atoms with Crippen LogP contribution >= 0.6 is 0 Å². The minimum Gasteiger partial charge on any atom is -0.460 e. The zero-order valence-electron chi connectivity index (χ0n) is 15.6. The molecule has 0 saturated carbocycles. The molecular formula is C20H23N5O3. The van der Waals surface area contributed by atoms with Crippen molar-refractivity contribution in [3.63, 3.8) is 0 Å². The Kier molecular flexibility index (Phi) is 4.37. The Morgan fingerprint density at radius 1 is 1.21 bits per heavy atom. The molecule has 146 valence electrons. The van der Waals surface area contributed by atoms with E-state index in [1.165, 1.54) is 6.20 Å². The van der Waals surface area contributed by atoms with Crippen molar-refractivity contribution in [1.82, 2.24) is 25.2 Å². The smallest absolute Gasteiger partial charge is 0.276 e. The summed E-state index contributed by atoms with van der Waals surface area (Å²) in [6.45, 7) is 4.57. The van der Waals surface area contributed by atoms with E-state index in [4.69, 9.17) is 9.15 Å². The number of furan rings is 1. The zero-order valence-corrected chi connectivity index (χ0v) is 15.6. The van der Waals surface area contributed by atoms with Crippen LogP contribution in [0, 0.1) is 0 Å². The van der Waals surface area contributed by atoms with Crippen LogP contribution in [0.1, 0.15) is 29.1 Å². The Bertz CT molecular complexity index is 926. The fourth-order valence-corrected chi connectivity index (χ4v) is 4.28. The zero-order chi connectivity index (χ0) is 19.0. The normalized spacial score (nSPS) is 20.1. The van der Waals surface area contributed by atoms with E-state index < -0.39 is 0 Å². The largest absolute Gasteiger partial charge is 0.460 e. The molecule has 5 rings (SSSR count). The number of piperidine rings is 1. The fraction of sp³-hybridized carbons (Fsp3) is 0.450. The molecular weight excluding hydrogens is 358 g/mol. The molecule has 0 atom stereocenters. The van der Waals surface area contributed by atoms with Crippen LogP contribution in [0.15, 0.2) is 40.9 Å². The number of hydrogen-bond donors (Lipinski definition) is 1. The van der Waals surface area contributed by atoms with E-state index in [9.17, 15) is 4.79 Å². The molecule has 3 aromatic rings. The number of amides is 1. The van der Waals surface area contributed by atoms with E-state index in [-0.39, 0.29) is 11.5 Å². The van der Waals surface area contributed by atoms with E-state index in [2.05, 4.69) is 32.4 Å². The quantitative estimate of drug-likeness (QED) is 0.747. The van der Waals surface area contributed by atoms with Crippen molar-refractivity contribution in [1.29, 1.82) is 0 Å². The SMILES string of the molecule is O=C(c1cn[nH]n1)N1CCC2(CC1)CN(Cc1cc3ccccc3o1)CCO2. The summed E-state index contributed by atoms with van der Waals surface area (Å²) in [4.78, 5) is 16.7. The van der Waals surface area contributed by atoms with Crippen molar-refractivity contribution in [3.05, 3.63) is 48.0 Å². The summed E-state index contributed by atoms with van der Waals surface area (Å²) in [7, 11) is 0. The summed E-state index contributed by atoms with van der Waals surface area (Å²) in [5.41, 5.74) is 1.11. The van der Waals surface area contributed by atoms with E-state index in [1.807, 2.05) is 23.1 Å². The second kappa shape index (κ2) is 7.03. The highest BCUT2D eigenvalue weighted by Crippen LogP contribution is 2.31. The van der Waals surface area contributed by atoms with Gasteiger partial charge in [0.1, 0.15) is 11.3 Å². The summed E-state index contributed by atoms with van der Waals surface area (Å²) >= 11 is 0. The predicted molar refractivity (Wildman–Crippen MR) is 102 cm³/mol. The standard InChI is InChI=1S/C20H23N5O3/c26-19(17-12-21-23-22-17)25-7-5-20(6-8-25)14-24(9-10-27-20)13-16-11-15-3-1-2-4-18(15)28-16/h1-4,11-12H,5-10,13-14H2,(H,21,22,23). The number of benzene rings is 1. The molecule has 0 unspecified atom stereocenters. The number of nitrogens with zero attached hydrogens (tertiary/aromatic N) is 4. The lowest BCUT2D eigenvalue weighted by Crippen LogP contribution is -2.57. The van der Waals surface area contributed by atoms with Crippen LogP contribution in [0.25, 0.3) is 11.0 Å². The first-order valence-electron chi connectivity index (χ1n) is 9.70. The minimum absolute atomic E-state index is 0.0708. The Hall–Kier alpha value is -2.71. The highest BCUT2D eigenvalue weighted by molar-refractivity contribution is 5.91. The second-order valence-electron chi connectivity index (χ2n) is 7.64. The van der Waals surface area contributed by atoms with Crippen LogP contribution in [0.2, 0.25) is 0 Å². The van der Waals surface area contributed by atoms with Gasteiger partial charge >= 0.3 is 0 Å². The summed E-state index contributed by atoms with van der Waals surface area (Å²) < 4.78 is 12.2. The number of ether oxygens (including phenoxy) is 1. The highest BCUT2D eigenvalue weighted by Gasteiger charge is 2.41. The Balaban J connectivity index is 1.22. The molecule has 2 fully saturated rings. The first-order chi connectivity index (χ1) is 13.7. The van der Waals surface area contributed by atoms with Crippen LogP contribution in [-0.4, -0.2) is 69.5 Å². The molecule has 8 heteroatoms. The van der Waals surface area contributed by atoms with Crippen LogP contribution < -0.4 is 0 Å². The molecule has 28 heavy (non-hydrogen) atoms. The number of rotatable bonds is 3. The molecule has 1 amide bonds. The summed E-state index contributed by atoms with van der Waals surface area (Å²) in [6.07, 6.45) is 3.12. The van der Waals surface area contributed by atoms with Crippen molar-refractivity contribution < 1.29 is 13.9 Å². The molecule has 2 aromatic heterocycles. The molecule has 2 aliphatic rings. The van der Waals surface area contributed by atoms with Gasteiger partial charge in [-0.1, -0.05) is 18.2 Å². The van der Waals surface area contributed by atoms with Gasteiger partial charge < -0.3 is 14.1 Å². The van der Waals surface area contributed by atoms with Crippen molar-refractivity contribution in [2.24, 2.45) is 0 Å². The van der Waals surface area contributed by atoms with Gasteiger partial charge in [0, 0.05) is 31.6 Å². The number of nitrogens with one attached hydrogen (secondary N) is 1. The van der Waals surface area contributed by atoms with Gasteiger partial charge in [0.15, 0.2) is 5.69 Å². The monoisotopic (exact) mass is 381 g/mol. The average Bonchev–Trinajstić information content (AvgIpc) is 3.38. The molecule has 1 N–H and O–H groups in total. The lowest BCUT2D eigenvalue weighted by atomic mass is 9.89. The number of para-hydroxylation sites is 1. The predicted octanol–water partition coefficient (Wildman–Crippen LogP) is 2.06. The first kappa shape index (κ1) is 17.4. The maximum atomic E-state index is 12.5. The summed E-state index contributed by atoms with van der Waals surface area (Å²) in [5, 5.41) is 11.3. The molecule has 0 bridgehead atoms. The van der Waals surface area contributed by atoms with E-state index in [0.29, 0.717) is 25.4 Å². The van der Waals surface area contributed by atoms with Crippen LogP contribution in [-0.2, 0) is 11.3 Å². The van der Waals surface area contributed by atoms with Crippen LogP contribution in [0.4, 0.5) is 0 Å². The third kappa shape index (κ3) is 3.29. The number of aromatic nitrogens is 3. The lowest BCUT2D eigenvalue weighted by Gasteiger charge is -2.47. The van der Waals surface area contributed by atoms with Crippen molar-refractivity contribution >= 4 is 16.9 Å². The van der Waals surface area contributed by atoms with Crippen molar-refractivity contribution in [3.8, 4) is 0 Å². The van der Waals surface area contributed by atoms with E-state index in [1.54, 1.807) is 0 Å². The van der Waals surface area contributed by atoms with Gasteiger partial charge in [0.25, 0.3) is 5.91 Å². The number of fused-ring (bicyclic) bond motifs is 1. The molecule has 2 saturated heterocycles. The van der Waals surface area contributed by atoms with Crippen molar-refractivity contribution in [2.45, 2.75) is 25.0 Å². The lowest BCUT2D eigenvalue weighted by molar-refractivity contribution is -0.135. The number of carbonyl (C=O) groups excluding carboxylic acids is 1. The molecule has 1 spiro atoms. The third-order valence-corrected chi connectivity index (χ3v) is 5.78. The third-order valence-electron chi connectivity index (χ3n) is 5.78. The number of carbonyl (C=O) groups is 1. The Labute approximate surface area is 162 Å². The van der Waals surface area contributed by atoms with Crippen molar-refractivity contribution in [2.75, 3.05) is 32.8 Å². The van der Waals surface area contributed by atoms with Crippen LogP contribution in [0.5, 0.6) is 0 Å². The van der Waals surface area contributed by atoms with Crippen LogP contribution in [0.3, 0.4) is 0 Å². The molecule has 2 aliphatic heterocycles. The molecule has 1 aromatic carbocycles. The van der Waals surface area contributed by atoms with Gasteiger partial charge in [-0.05, 0) is 25.0 Å². The average molecular weight is 381 g/mol. The summed E-state index contributed by atoms with van der Waals surface area (Å²) in [5.74, 6) is 0.912. The topological polar surface area (TPSA) is 87.5 Å². The molecule has 8 nitrogen and oxygen atoms in total. The van der Waals surface area contributed by atoms with Gasteiger partial charge in [0.05, 0.1) is 24.9 Å². The van der Waals surface area contributed by atoms with Gasteiger partial charge in [0.2, 0.25) is 0 Å². The number of H-pyrrole nitrogens is 1.